The lowest BCUT2D eigenvalue weighted by Crippen LogP contribution is -2.10. The summed E-state index contributed by atoms with van der Waals surface area (Å²) in [5, 5.41) is 12.4. The van der Waals surface area contributed by atoms with E-state index in [9.17, 15) is 4.79 Å². The van der Waals surface area contributed by atoms with Gasteiger partial charge in [0.1, 0.15) is 10.6 Å². The van der Waals surface area contributed by atoms with Gasteiger partial charge in [0.2, 0.25) is 0 Å². The van der Waals surface area contributed by atoms with Gasteiger partial charge < -0.3 is 20.9 Å². The number of esters is 1. The first-order chi connectivity index (χ1) is 8.70. The number of hydrogen-bond donors (Lipinski definition) is 3. The topological polar surface area (TPSA) is 97.5 Å². The molecule has 0 aliphatic heterocycles. The second kappa shape index (κ2) is 8.17. The lowest BCUT2D eigenvalue weighted by atomic mass is 10.3. The van der Waals surface area contributed by atoms with Crippen molar-refractivity contribution >= 4 is 40.1 Å². The van der Waals surface area contributed by atoms with E-state index in [1.54, 1.807) is 11.8 Å². The number of carbonyl (C=O) groups excluding carboxylic acids is 1. The molecule has 0 bridgehead atoms. The fourth-order valence-electron chi connectivity index (χ4n) is 1.23. The van der Waals surface area contributed by atoms with Gasteiger partial charge in [-0.2, -0.15) is 16.1 Å². The Morgan fingerprint density at radius 1 is 1.61 bits per heavy atom. The van der Waals surface area contributed by atoms with Gasteiger partial charge in [0.05, 0.1) is 7.11 Å². The quantitative estimate of drug-likeness (QED) is 0.486. The van der Waals surface area contributed by atoms with E-state index >= 15 is 0 Å². The Kier molecular flexibility index (Phi) is 6.84. The van der Waals surface area contributed by atoms with Crippen molar-refractivity contribution in [3.05, 3.63) is 5.56 Å². The molecule has 0 amide bonds. The van der Waals surface area contributed by atoms with E-state index in [0.717, 1.165) is 29.5 Å². The van der Waals surface area contributed by atoms with Crippen molar-refractivity contribution in [1.82, 2.24) is 4.37 Å². The highest BCUT2D eigenvalue weighted by molar-refractivity contribution is 7.99. The van der Waals surface area contributed by atoms with Gasteiger partial charge in [-0.15, -0.1) is 0 Å². The van der Waals surface area contributed by atoms with E-state index in [2.05, 4.69) is 14.4 Å². The Hall–Kier alpha value is -0.990. The predicted molar refractivity (Wildman–Crippen MR) is 75.4 cm³/mol. The monoisotopic (exact) mass is 291 g/mol. The summed E-state index contributed by atoms with van der Waals surface area (Å²) in [6.07, 6.45) is 0.797. The van der Waals surface area contributed by atoms with Crippen LogP contribution in [0, 0.1) is 0 Å². The number of rotatable bonds is 8. The summed E-state index contributed by atoms with van der Waals surface area (Å²) in [5.74, 6) is 1.53. The summed E-state index contributed by atoms with van der Waals surface area (Å²) in [7, 11) is 1.31. The molecule has 6 nitrogen and oxygen atoms in total. The van der Waals surface area contributed by atoms with Crippen molar-refractivity contribution < 1.29 is 14.6 Å². The SMILES string of the molecule is COC(=O)c1c(N)nsc1NCCSCCCO. The number of nitrogen functional groups attached to an aromatic ring is 1. The van der Waals surface area contributed by atoms with E-state index in [0.29, 0.717) is 17.1 Å². The molecule has 1 aromatic heterocycles. The molecule has 0 fully saturated rings. The van der Waals surface area contributed by atoms with E-state index in [-0.39, 0.29) is 12.4 Å². The summed E-state index contributed by atoms with van der Waals surface area (Å²) in [4.78, 5) is 11.5. The first-order valence-corrected chi connectivity index (χ1v) is 7.39. The van der Waals surface area contributed by atoms with Crippen molar-refractivity contribution in [3.8, 4) is 0 Å². The van der Waals surface area contributed by atoms with Crippen LogP contribution in [0.25, 0.3) is 0 Å². The summed E-state index contributed by atoms with van der Waals surface area (Å²) in [6, 6.07) is 0. The fraction of sp³-hybridized carbons (Fsp3) is 0.600. The minimum atomic E-state index is -0.475. The van der Waals surface area contributed by atoms with Crippen molar-refractivity contribution in [2.75, 3.05) is 42.8 Å². The molecule has 0 saturated heterocycles. The molecule has 0 saturated carbocycles. The number of ether oxygens (including phenoxy) is 1. The molecule has 4 N–H and O–H groups in total. The average molecular weight is 291 g/mol. The van der Waals surface area contributed by atoms with Gasteiger partial charge in [0.25, 0.3) is 0 Å². The Morgan fingerprint density at radius 2 is 2.39 bits per heavy atom. The summed E-state index contributed by atoms with van der Waals surface area (Å²) in [5.41, 5.74) is 5.92. The van der Waals surface area contributed by atoms with Crippen LogP contribution in [0.15, 0.2) is 0 Å². The smallest absolute Gasteiger partial charge is 0.344 e. The number of anilines is 2. The molecular weight excluding hydrogens is 274 g/mol. The second-order valence-corrected chi connectivity index (χ2v) is 5.38. The number of nitrogens with two attached hydrogens (primary N) is 1. The third kappa shape index (κ3) is 4.35. The molecule has 1 rings (SSSR count). The predicted octanol–water partition coefficient (Wildman–Crippen LogP) is 1.04. The molecule has 1 aromatic rings. The maximum atomic E-state index is 11.5. The number of aliphatic hydroxyl groups excluding tert-OH is 1. The van der Waals surface area contributed by atoms with Crippen LogP contribution in [0.4, 0.5) is 10.8 Å². The Labute approximate surface area is 114 Å². The normalized spacial score (nSPS) is 10.3. The molecule has 102 valence electrons. The molecule has 0 aliphatic carbocycles. The van der Waals surface area contributed by atoms with Gasteiger partial charge in [0.15, 0.2) is 5.82 Å². The molecular formula is C10H17N3O3S2. The molecule has 18 heavy (non-hydrogen) atoms. The van der Waals surface area contributed by atoms with Crippen LogP contribution in [0.3, 0.4) is 0 Å². The molecule has 0 unspecified atom stereocenters. The highest BCUT2D eigenvalue weighted by atomic mass is 32.2. The van der Waals surface area contributed by atoms with Crippen molar-refractivity contribution in [3.63, 3.8) is 0 Å². The maximum absolute atomic E-state index is 11.5. The molecule has 0 atom stereocenters. The zero-order valence-corrected chi connectivity index (χ0v) is 11.8. The van der Waals surface area contributed by atoms with Crippen LogP contribution < -0.4 is 11.1 Å². The zero-order chi connectivity index (χ0) is 13.4. The number of carbonyl (C=O) groups is 1. The summed E-state index contributed by atoms with van der Waals surface area (Å²) in [6.45, 7) is 0.931. The van der Waals surface area contributed by atoms with Crippen LogP contribution >= 0.6 is 23.3 Å². The van der Waals surface area contributed by atoms with E-state index in [4.69, 9.17) is 10.8 Å². The van der Waals surface area contributed by atoms with Crippen LogP contribution in [0.1, 0.15) is 16.8 Å². The number of thioether (sulfide) groups is 1. The van der Waals surface area contributed by atoms with Crippen molar-refractivity contribution in [2.24, 2.45) is 0 Å². The fourth-order valence-corrected chi connectivity index (χ4v) is 2.74. The van der Waals surface area contributed by atoms with Crippen molar-refractivity contribution in [1.29, 1.82) is 0 Å². The number of nitrogens with one attached hydrogen (secondary N) is 1. The first kappa shape index (κ1) is 15.1. The van der Waals surface area contributed by atoms with Gasteiger partial charge in [-0.05, 0) is 23.7 Å². The number of nitrogens with zero attached hydrogens (tertiary/aromatic N) is 1. The van der Waals surface area contributed by atoms with E-state index in [1.165, 1.54) is 7.11 Å². The van der Waals surface area contributed by atoms with Gasteiger partial charge in [-0.3, -0.25) is 0 Å². The van der Waals surface area contributed by atoms with E-state index in [1.807, 2.05) is 0 Å². The lowest BCUT2D eigenvalue weighted by molar-refractivity contribution is 0.0603. The lowest BCUT2D eigenvalue weighted by Gasteiger charge is -2.05. The van der Waals surface area contributed by atoms with Gasteiger partial charge in [-0.1, -0.05) is 0 Å². The third-order valence-electron chi connectivity index (χ3n) is 2.09. The average Bonchev–Trinajstić information content (AvgIpc) is 2.74. The third-order valence-corrected chi connectivity index (χ3v) is 3.98. The standard InChI is InChI=1S/C10H17N3O3S2/c1-16-10(15)7-8(11)13-18-9(7)12-3-6-17-5-2-4-14/h12,14H,2-6H2,1H3,(H2,11,13). The molecule has 0 aromatic carbocycles. The minimum Gasteiger partial charge on any atom is -0.465 e. The minimum absolute atomic E-state index is 0.197. The number of methoxy groups -OCH3 is 1. The first-order valence-electron chi connectivity index (χ1n) is 5.46. The molecule has 1 heterocycles. The number of aliphatic hydroxyl groups is 1. The van der Waals surface area contributed by atoms with Crippen LogP contribution in [0.2, 0.25) is 0 Å². The van der Waals surface area contributed by atoms with Crippen LogP contribution in [0.5, 0.6) is 0 Å². The summed E-state index contributed by atoms with van der Waals surface area (Å²) < 4.78 is 8.58. The van der Waals surface area contributed by atoms with Gasteiger partial charge in [-0.25, -0.2) is 4.79 Å². The molecule has 8 heteroatoms. The van der Waals surface area contributed by atoms with Crippen LogP contribution in [-0.4, -0.2) is 47.2 Å². The second-order valence-electron chi connectivity index (χ2n) is 3.38. The largest absolute Gasteiger partial charge is 0.465 e. The zero-order valence-electron chi connectivity index (χ0n) is 10.1. The maximum Gasteiger partial charge on any atom is 0.344 e. The highest BCUT2D eigenvalue weighted by Gasteiger charge is 2.19. The Balaban J connectivity index is 2.40. The summed E-state index contributed by atoms with van der Waals surface area (Å²) >= 11 is 2.89. The van der Waals surface area contributed by atoms with Gasteiger partial charge in [0, 0.05) is 18.9 Å². The molecule has 0 aliphatic rings. The van der Waals surface area contributed by atoms with E-state index < -0.39 is 5.97 Å². The number of aromatic nitrogens is 1. The molecule has 0 spiro atoms. The van der Waals surface area contributed by atoms with Crippen LogP contribution in [-0.2, 0) is 4.74 Å². The Bertz CT molecular complexity index is 384. The molecule has 0 radical (unpaired) electrons. The van der Waals surface area contributed by atoms with Gasteiger partial charge >= 0.3 is 5.97 Å². The highest BCUT2D eigenvalue weighted by Crippen LogP contribution is 2.27. The van der Waals surface area contributed by atoms with Crippen molar-refractivity contribution in [2.45, 2.75) is 6.42 Å². The Morgan fingerprint density at radius 3 is 3.06 bits per heavy atom. The number of hydrogen-bond acceptors (Lipinski definition) is 8.